The van der Waals surface area contributed by atoms with Crippen LogP contribution in [-0.4, -0.2) is 22.2 Å². The lowest BCUT2D eigenvalue weighted by molar-refractivity contribution is 0.424. The molecule has 3 nitrogen and oxygen atoms in total. The van der Waals surface area contributed by atoms with Crippen LogP contribution in [0.5, 0.6) is 0 Å². The average Bonchev–Trinajstić information content (AvgIpc) is 2.16. The number of aromatic nitrogens is 1. The lowest BCUT2D eigenvalue weighted by Crippen LogP contribution is -2.34. The van der Waals surface area contributed by atoms with Gasteiger partial charge in [0.1, 0.15) is 0 Å². The highest BCUT2D eigenvalue weighted by Gasteiger charge is 2.16. The van der Waals surface area contributed by atoms with Gasteiger partial charge in [-0.05, 0) is 24.6 Å². The zero-order valence-corrected chi connectivity index (χ0v) is 7.81. The molecule has 0 unspecified atom stereocenters. The van der Waals surface area contributed by atoms with Crippen LogP contribution in [0, 0.1) is 6.92 Å². The molecule has 0 radical (unpaired) electrons. The normalized spacial score (nSPS) is 10.5. The molecular weight excluding hydrogens is 177 g/mol. The zero-order valence-electron chi connectivity index (χ0n) is 7.81. The van der Waals surface area contributed by atoms with Crippen molar-refractivity contribution in [1.82, 2.24) is 4.98 Å². The van der Waals surface area contributed by atoms with E-state index in [0.29, 0.717) is 5.59 Å². The minimum Gasteiger partial charge on any atom is -0.422 e. The fourth-order valence-electron chi connectivity index (χ4n) is 1.50. The van der Waals surface area contributed by atoms with Crippen molar-refractivity contribution in [2.45, 2.75) is 6.92 Å². The Balaban J connectivity index is 2.71. The maximum absolute atomic E-state index is 9.06. The third kappa shape index (κ3) is 1.50. The second-order valence-corrected chi connectivity index (χ2v) is 3.26. The monoisotopic (exact) mass is 187 g/mol. The summed E-state index contributed by atoms with van der Waals surface area (Å²) < 4.78 is 0. The Morgan fingerprint density at radius 3 is 2.64 bits per heavy atom. The highest BCUT2D eigenvalue weighted by atomic mass is 16.4. The number of para-hydroxylation sites is 1. The van der Waals surface area contributed by atoms with E-state index in [4.69, 9.17) is 10.0 Å². The highest BCUT2D eigenvalue weighted by molar-refractivity contribution is 6.58. The van der Waals surface area contributed by atoms with E-state index in [2.05, 4.69) is 4.98 Å². The summed E-state index contributed by atoms with van der Waals surface area (Å²) in [6.07, 6.45) is 0. The maximum atomic E-state index is 9.06. The molecule has 0 aliphatic rings. The van der Waals surface area contributed by atoms with Crippen molar-refractivity contribution in [3.8, 4) is 0 Å². The van der Waals surface area contributed by atoms with Gasteiger partial charge < -0.3 is 10.0 Å². The summed E-state index contributed by atoms with van der Waals surface area (Å²) in [7, 11) is -1.50. The van der Waals surface area contributed by atoms with Gasteiger partial charge in [0, 0.05) is 5.39 Å². The largest absolute Gasteiger partial charge is 0.508 e. The zero-order chi connectivity index (χ0) is 10.1. The van der Waals surface area contributed by atoms with Crippen LogP contribution >= 0.6 is 0 Å². The Morgan fingerprint density at radius 1 is 1.21 bits per heavy atom. The molecule has 0 atom stereocenters. The Kier molecular flexibility index (Phi) is 2.23. The third-order valence-electron chi connectivity index (χ3n) is 2.20. The molecule has 1 heterocycles. The predicted molar refractivity (Wildman–Crippen MR) is 56.3 cm³/mol. The van der Waals surface area contributed by atoms with Crippen LogP contribution in [0.1, 0.15) is 5.56 Å². The molecule has 0 saturated heterocycles. The van der Waals surface area contributed by atoms with Crippen molar-refractivity contribution >= 4 is 23.6 Å². The second-order valence-electron chi connectivity index (χ2n) is 3.26. The van der Waals surface area contributed by atoms with Crippen LogP contribution in [0.15, 0.2) is 30.3 Å². The molecule has 0 amide bonds. The van der Waals surface area contributed by atoms with Crippen molar-refractivity contribution < 1.29 is 10.0 Å². The van der Waals surface area contributed by atoms with E-state index < -0.39 is 7.12 Å². The van der Waals surface area contributed by atoms with Crippen LogP contribution in [-0.2, 0) is 0 Å². The number of benzene rings is 1. The molecule has 4 heteroatoms. The molecule has 0 bridgehead atoms. The Bertz CT molecular complexity index is 471. The van der Waals surface area contributed by atoms with E-state index in [-0.39, 0.29) is 0 Å². The van der Waals surface area contributed by atoms with Crippen molar-refractivity contribution in [1.29, 1.82) is 0 Å². The fourth-order valence-corrected chi connectivity index (χ4v) is 1.50. The van der Waals surface area contributed by atoms with Gasteiger partial charge in [0.25, 0.3) is 0 Å². The topological polar surface area (TPSA) is 53.4 Å². The molecular formula is C10H10BNO2. The molecule has 1 aromatic carbocycles. The summed E-state index contributed by atoms with van der Waals surface area (Å²) in [6, 6.07) is 9.50. The standard InChI is InChI=1S/C10H10BNO2/c1-7-6-8-4-2-3-5-9(8)12-10(7)11(13)14/h2-6,13-14H,1H3. The minimum absolute atomic E-state index is 0.323. The Labute approximate surface area is 82.2 Å². The van der Waals surface area contributed by atoms with E-state index >= 15 is 0 Å². The van der Waals surface area contributed by atoms with E-state index in [1.807, 2.05) is 37.3 Å². The lowest BCUT2D eigenvalue weighted by atomic mass is 9.82. The van der Waals surface area contributed by atoms with Crippen LogP contribution in [0.25, 0.3) is 10.9 Å². The van der Waals surface area contributed by atoms with Gasteiger partial charge in [-0.3, -0.25) is 4.98 Å². The molecule has 2 N–H and O–H groups in total. The first-order valence-corrected chi connectivity index (χ1v) is 4.41. The first-order chi connectivity index (χ1) is 6.68. The number of nitrogens with zero attached hydrogens (tertiary/aromatic N) is 1. The number of hydrogen-bond acceptors (Lipinski definition) is 3. The van der Waals surface area contributed by atoms with Gasteiger partial charge in [-0.25, -0.2) is 0 Å². The molecule has 1 aromatic heterocycles. The van der Waals surface area contributed by atoms with Crippen LogP contribution in [0.2, 0.25) is 0 Å². The Hall–Kier alpha value is -1.39. The van der Waals surface area contributed by atoms with Crippen LogP contribution in [0.4, 0.5) is 0 Å². The number of aryl methyl sites for hydroxylation is 1. The van der Waals surface area contributed by atoms with Crippen molar-refractivity contribution in [2.75, 3.05) is 0 Å². The number of pyridine rings is 1. The summed E-state index contributed by atoms with van der Waals surface area (Å²) in [4.78, 5) is 4.17. The lowest BCUT2D eigenvalue weighted by Gasteiger charge is -2.05. The van der Waals surface area contributed by atoms with Gasteiger partial charge in [0.05, 0.1) is 11.1 Å². The summed E-state index contributed by atoms with van der Waals surface area (Å²) in [6.45, 7) is 1.81. The van der Waals surface area contributed by atoms with Crippen molar-refractivity contribution in [3.63, 3.8) is 0 Å². The van der Waals surface area contributed by atoms with E-state index in [9.17, 15) is 0 Å². The number of fused-ring (bicyclic) bond motifs is 1. The van der Waals surface area contributed by atoms with Crippen LogP contribution < -0.4 is 5.59 Å². The van der Waals surface area contributed by atoms with Gasteiger partial charge in [0.15, 0.2) is 0 Å². The molecule has 70 valence electrons. The summed E-state index contributed by atoms with van der Waals surface area (Å²) in [5, 5.41) is 19.1. The summed E-state index contributed by atoms with van der Waals surface area (Å²) in [5.41, 5.74) is 1.89. The Morgan fingerprint density at radius 2 is 1.93 bits per heavy atom. The van der Waals surface area contributed by atoms with Gasteiger partial charge in [-0.15, -0.1) is 0 Å². The quantitative estimate of drug-likeness (QED) is 0.628. The second kappa shape index (κ2) is 3.40. The highest BCUT2D eigenvalue weighted by Crippen LogP contribution is 2.10. The van der Waals surface area contributed by atoms with Crippen molar-refractivity contribution in [3.05, 3.63) is 35.9 Å². The molecule has 2 aromatic rings. The van der Waals surface area contributed by atoms with Crippen LogP contribution in [0.3, 0.4) is 0 Å². The van der Waals surface area contributed by atoms with Crippen molar-refractivity contribution in [2.24, 2.45) is 0 Å². The predicted octanol–water partition coefficient (Wildman–Crippen LogP) is 0.223. The van der Waals surface area contributed by atoms with Gasteiger partial charge in [-0.2, -0.15) is 0 Å². The number of hydrogen-bond donors (Lipinski definition) is 2. The van der Waals surface area contributed by atoms with Gasteiger partial charge in [-0.1, -0.05) is 18.2 Å². The van der Waals surface area contributed by atoms with Gasteiger partial charge in [0.2, 0.25) is 0 Å². The SMILES string of the molecule is Cc1cc2ccccc2nc1B(O)O. The summed E-state index contributed by atoms with van der Waals surface area (Å²) in [5.74, 6) is 0. The molecule has 0 aliphatic carbocycles. The number of rotatable bonds is 1. The molecule has 0 saturated carbocycles. The molecule has 0 spiro atoms. The summed E-state index contributed by atoms with van der Waals surface area (Å²) >= 11 is 0. The van der Waals surface area contributed by atoms with E-state index in [0.717, 1.165) is 16.5 Å². The smallest absolute Gasteiger partial charge is 0.422 e. The maximum Gasteiger partial charge on any atom is 0.508 e. The molecule has 0 aliphatic heterocycles. The molecule has 2 rings (SSSR count). The molecule has 14 heavy (non-hydrogen) atoms. The van der Waals surface area contributed by atoms with E-state index in [1.54, 1.807) is 0 Å². The minimum atomic E-state index is -1.50. The third-order valence-corrected chi connectivity index (χ3v) is 2.20. The molecule has 0 fully saturated rings. The van der Waals surface area contributed by atoms with E-state index in [1.165, 1.54) is 0 Å². The average molecular weight is 187 g/mol. The first-order valence-electron chi connectivity index (χ1n) is 4.41. The fraction of sp³-hybridized carbons (Fsp3) is 0.100. The first kappa shape index (κ1) is 9.18. The van der Waals surface area contributed by atoms with Gasteiger partial charge >= 0.3 is 7.12 Å².